The van der Waals surface area contributed by atoms with Crippen molar-refractivity contribution in [1.29, 1.82) is 0 Å². The summed E-state index contributed by atoms with van der Waals surface area (Å²) in [6.07, 6.45) is 1.92. The Morgan fingerprint density at radius 1 is 1.32 bits per heavy atom. The van der Waals surface area contributed by atoms with Crippen LogP contribution >= 0.6 is 12.2 Å². The largest absolute Gasteiger partial charge is 0.393 e. The molecular formula is C15H22N2OS. The number of aryl methyl sites for hydroxylation is 2. The molecular weight excluding hydrogens is 256 g/mol. The van der Waals surface area contributed by atoms with E-state index in [0.717, 1.165) is 6.42 Å². The molecule has 0 fully saturated rings. The van der Waals surface area contributed by atoms with Crippen molar-refractivity contribution in [2.24, 2.45) is 5.73 Å². The van der Waals surface area contributed by atoms with E-state index in [2.05, 4.69) is 19.1 Å². The first-order chi connectivity index (χ1) is 9.04. The predicted octanol–water partition coefficient (Wildman–Crippen LogP) is 2.45. The van der Waals surface area contributed by atoms with E-state index in [-0.39, 0.29) is 5.91 Å². The number of carbonyl (C=O) groups is 1. The Hall–Kier alpha value is -1.42. The molecule has 3 nitrogen and oxygen atoms in total. The van der Waals surface area contributed by atoms with E-state index in [0.29, 0.717) is 30.9 Å². The zero-order chi connectivity index (χ0) is 14.3. The maximum atomic E-state index is 12.1. The van der Waals surface area contributed by atoms with Crippen LogP contribution in [0.15, 0.2) is 24.3 Å². The Kier molecular flexibility index (Phi) is 6.50. The fourth-order valence-electron chi connectivity index (χ4n) is 1.99. The van der Waals surface area contributed by atoms with Crippen LogP contribution in [0.3, 0.4) is 0 Å². The van der Waals surface area contributed by atoms with Crippen LogP contribution in [0.1, 0.15) is 30.9 Å². The van der Waals surface area contributed by atoms with Crippen molar-refractivity contribution < 1.29 is 4.79 Å². The molecule has 0 atom stereocenters. The zero-order valence-electron chi connectivity index (χ0n) is 11.7. The molecule has 0 aliphatic rings. The third-order valence-corrected chi connectivity index (χ3v) is 3.44. The van der Waals surface area contributed by atoms with Crippen molar-refractivity contribution in [3.05, 3.63) is 35.4 Å². The molecule has 0 spiro atoms. The minimum Gasteiger partial charge on any atom is -0.393 e. The molecule has 104 valence electrons. The van der Waals surface area contributed by atoms with Gasteiger partial charge < -0.3 is 10.6 Å². The van der Waals surface area contributed by atoms with E-state index in [9.17, 15) is 4.79 Å². The molecule has 0 aliphatic heterocycles. The van der Waals surface area contributed by atoms with Gasteiger partial charge in [-0.1, -0.05) is 36.5 Å². The molecule has 0 saturated carbocycles. The second-order valence-electron chi connectivity index (χ2n) is 4.62. The minimum absolute atomic E-state index is 0.169. The van der Waals surface area contributed by atoms with Crippen molar-refractivity contribution in [1.82, 2.24) is 4.90 Å². The molecule has 19 heavy (non-hydrogen) atoms. The first kappa shape index (κ1) is 15.6. The molecule has 4 heteroatoms. The van der Waals surface area contributed by atoms with Crippen molar-refractivity contribution in [3.8, 4) is 0 Å². The highest BCUT2D eigenvalue weighted by Gasteiger charge is 2.12. The zero-order valence-corrected chi connectivity index (χ0v) is 12.5. The third-order valence-electron chi connectivity index (χ3n) is 3.23. The summed E-state index contributed by atoms with van der Waals surface area (Å²) < 4.78 is 0. The van der Waals surface area contributed by atoms with E-state index >= 15 is 0 Å². The summed E-state index contributed by atoms with van der Waals surface area (Å²) in [5, 5.41) is 0. The summed E-state index contributed by atoms with van der Waals surface area (Å²) >= 11 is 4.85. The van der Waals surface area contributed by atoms with Crippen LogP contribution in [0.5, 0.6) is 0 Å². The molecule has 1 aromatic carbocycles. The number of carbonyl (C=O) groups excluding carboxylic acids is 1. The number of hydrogen-bond acceptors (Lipinski definition) is 2. The van der Waals surface area contributed by atoms with Gasteiger partial charge in [-0.05, 0) is 31.4 Å². The minimum atomic E-state index is 0.169. The molecule has 0 unspecified atom stereocenters. The van der Waals surface area contributed by atoms with Crippen LogP contribution < -0.4 is 5.73 Å². The van der Waals surface area contributed by atoms with Crippen LogP contribution in [0, 0.1) is 6.92 Å². The van der Waals surface area contributed by atoms with Gasteiger partial charge in [0.1, 0.15) is 0 Å². The van der Waals surface area contributed by atoms with Gasteiger partial charge in [0.2, 0.25) is 5.91 Å². The van der Waals surface area contributed by atoms with E-state index in [4.69, 9.17) is 18.0 Å². The van der Waals surface area contributed by atoms with E-state index in [1.807, 2.05) is 24.0 Å². The Bertz CT molecular complexity index is 446. The maximum absolute atomic E-state index is 12.1. The van der Waals surface area contributed by atoms with E-state index in [1.165, 1.54) is 11.1 Å². The normalized spacial score (nSPS) is 10.2. The molecule has 0 heterocycles. The maximum Gasteiger partial charge on any atom is 0.222 e. The molecule has 0 aromatic heterocycles. The molecule has 0 bridgehead atoms. The number of nitrogens with two attached hydrogens (primary N) is 1. The second kappa shape index (κ2) is 7.89. The summed E-state index contributed by atoms with van der Waals surface area (Å²) in [7, 11) is 0. The highest BCUT2D eigenvalue weighted by atomic mass is 32.1. The average Bonchev–Trinajstić information content (AvgIpc) is 2.38. The van der Waals surface area contributed by atoms with Crippen molar-refractivity contribution in [2.75, 3.05) is 13.1 Å². The van der Waals surface area contributed by atoms with Crippen LogP contribution in [0.25, 0.3) is 0 Å². The summed E-state index contributed by atoms with van der Waals surface area (Å²) in [4.78, 5) is 14.4. The van der Waals surface area contributed by atoms with Crippen LogP contribution in [-0.2, 0) is 11.2 Å². The molecule has 1 rings (SSSR count). The molecule has 0 aliphatic carbocycles. The van der Waals surface area contributed by atoms with Gasteiger partial charge in [-0.15, -0.1) is 0 Å². The summed E-state index contributed by atoms with van der Waals surface area (Å²) in [6.45, 7) is 5.38. The highest BCUT2D eigenvalue weighted by Crippen LogP contribution is 2.10. The molecule has 0 saturated heterocycles. The lowest BCUT2D eigenvalue weighted by Crippen LogP contribution is -2.33. The topological polar surface area (TPSA) is 46.3 Å². The summed E-state index contributed by atoms with van der Waals surface area (Å²) in [5.41, 5.74) is 7.95. The Morgan fingerprint density at radius 3 is 2.58 bits per heavy atom. The third kappa shape index (κ3) is 5.39. The number of amides is 1. The predicted molar refractivity (Wildman–Crippen MR) is 83.2 cm³/mol. The summed E-state index contributed by atoms with van der Waals surface area (Å²) in [5.74, 6) is 0.169. The van der Waals surface area contributed by atoms with Crippen LogP contribution in [0.2, 0.25) is 0 Å². The fourth-order valence-corrected chi connectivity index (χ4v) is 2.09. The van der Waals surface area contributed by atoms with Gasteiger partial charge in [0.05, 0.1) is 4.99 Å². The van der Waals surface area contributed by atoms with Crippen molar-refractivity contribution in [3.63, 3.8) is 0 Å². The SMILES string of the molecule is CCN(CCC(N)=S)C(=O)CCc1ccccc1C. The van der Waals surface area contributed by atoms with E-state index < -0.39 is 0 Å². The van der Waals surface area contributed by atoms with Crippen molar-refractivity contribution in [2.45, 2.75) is 33.1 Å². The Labute approximate surface area is 120 Å². The van der Waals surface area contributed by atoms with Gasteiger partial charge >= 0.3 is 0 Å². The Balaban J connectivity index is 2.49. The van der Waals surface area contributed by atoms with Crippen LogP contribution in [0.4, 0.5) is 0 Å². The van der Waals surface area contributed by atoms with Gasteiger partial charge in [-0.25, -0.2) is 0 Å². The lowest BCUT2D eigenvalue weighted by atomic mass is 10.0. The average molecular weight is 278 g/mol. The smallest absolute Gasteiger partial charge is 0.222 e. The second-order valence-corrected chi connectivity index (χ2v) is 5.14. The van der Waals surface area contributed by atoms with Gasteiger partial charge in [-0.2, -0.15) is 0 Å². The number of hydrogen-bond donors (Lipinski definition) is 1. The quantitative estimate of drug-likeness (QED) is 0.779. The first-order valence-electron chi connectivity index (χ1n) is 6.65. The van der Waals surface area contributed by atoms with E-state index in [1.54, 1.807) is 0 Å². The number of nitrogens with zero attached hydrogens (tertiary/aromatic N) is 1. The highest BCUT2D eigenvalue weighted by molar-refractivity contribution is 7.80. The monoisotopic (exact) mass is 278 g/mol. The fraction of sp³-hybridized carbons (Fsp3) is 0.467. The lowest BCUT2D eigenvalue weighted by Gasteiger charge is -2.20. The molecule has 1 aromatic rings. The lowest BCUT2D eigenvalue weighted by molar-refractivity contribution is -0.130. The van der Waals surface area contributed by atoms with Gasteiger partial charge in [-0.3, -0.25) is 4.79 Å². The summed E-state index contributed by atoms with van der Waals surface area (Å²) in [6, 6.07) is 8.18. The number of benzene rings is 1. The van der Waals surface area contributed by atoms with Crippen LogP contribution in [-0.4, -0.2) is 28.9 Å². The first-order valence-corrected chi connectivity index (χ1v) is 7.06. The van der Waals surface area contributed by atoms with Crippen molar-refractivity contribution >= 4 is 23.1 Å². The number of thiocarbonyl (C=S) groups is 1. The molecule has 0 radical (unpaired) electrons. The number of rotatable bonds is 7. The Morgan fingerprint density at radius 2 is 2.00 bits per heavy atom. The molecule has 2 N–H and O–H groups in total. The van der Waals surface area contributed by atoms with Gasteiger partial charge in [0, 0.05) is 25.9 Å². The standard InChI is InChI=1S/C15H22N2OS/c1-3-17(11-10-14(16)19)15(18)9-8-13-7-5-4-6-12(13)2/h4-7H,3,8-11H2,1-2H3,(H2,16,19). The van der Waals surface area contributed by atoms with Gasteiger partial charge in [0.25, 0.3) is 0 Å². The van der Waals surface area contributed by atoms with Gasteiger partial charge in [0.15, 0.2) is 0 Å². The molecule has 1 amide bonds.